The van der Waals surface area contributed by atoms with Crippen LogP contribution in [0.3, 0.4) is 0 Å². The lowest BCUT2D eigenvalue weighted by Crippen LogP contribution is -2.35. The van der Waals surface area contributed by atoms with Crippen molar-refractivity contribution in [2.45, 2.75) is 13.3 Å². The fourth-order valence-electron chi connectivity index (χ4n) is 2.06. The van der Waals surface area contributed by atoms with E-state index in [4.69, 9.17) is 23.2 Å². The summed E-state index contributed by atoms with van der Waals surface area (Å²) in [5, 5.41) is 7.16. The maximum absolute atomic E-state index is 12.0. The molecule has 0 spiro atoms. The van der Waals surface area contributed by atoms with Gasteiger partial charge in [0.25, 0.3) is 11.8 Å². The fourth-order valence-corrected chi connectivity index (χ4v) is 2.55. The molecular formula is C18H17Cl2N3O2. The first-order chi connectivity index (χ1) is 12.0. The molecular weight excluding hydrogens is 361 g/mol. The van der Waals surface area contributed by atoms with E-state index in [0.29, 0.717) is 11.4 Å². The van der Waals surface area contributed by atoms with E-state index in [1.165, 1.54) is 12.1 Å². The monoisotopic (exact) mass is 377 g/mol. The molecule has 0 atom stereocenters. The number of rotatable bonds is 6. The smallest absolute Gasteiger partial charge is 0.259 e. The highest BCUT2D eigenvalue weighted by Crippen LogP contribution is 2.20. The van der Waals surface area contributed by atoms with Crippen LogP contribution in [0.25, 0.3) is 0 Å². The molecule has 0 unspecified atom stereocenters. The number of hydrazone groups is 1. The number of halogens is 2. The molecule has 5 nitrogen and oxygen atoms in total. The minimum atomic E-state index is -0.457. The van der Waals surface area contributed by atoms with E-state index in [0.717, 1.165) is 11.3 Å². The zero-order valence-corrected chi connectivity index (χ0v) is 15.1. The van der Waals surface area contributed by atoms with E-state index in [-0.39, 0.29) is 17.1 Å². The minimum absolute atomic E-state index is 0.208. The lowest BCUT2D eigenvalue weighted by Gasteiger charge is -2.07. The van der Waals surface area contributed by atoms with Crippen molar-refractivity contribution in [1.82, 2.24) is 10.7 Å². The summed E-state index contributed by atoms with van der Waals surface area (Å²) < 4.78 is 0. The average Bonchev–Trinajstić information content (AvgIpc) is 2.58. The zero-order valence-electron chi connectivity index (χ0n) is 13.6. The minimum Gasteiger partial charge on any atom is -0.343 e. The Hall–Kier alpha value is -2.37. The first kappa shape index (κ1) is 19.0. The van der Waals surface area contributed by atoms with Crippen molar-refractivity contribution in [1.29, 1.82) is 0 Å². The molecule has 0 saturated heterocycles. The van der Waals surface area contributed by atoms with Gasteiger partial charge in [-0.15, -0.1) is 0 Å². The molecule has 2 aromatic rings. The van der Waals surface area contributed by atoms with Gasteiger partial charge >= 0.3 is 0 Å². The van der Waals surface area contributed by atoms with Crippen molar-refractivity contribution in [2.75, 3.05) is 6.54 Å². The maximum Gasteiger partial charge on any atom is 0.259 e. The molecule has 0 saturated carbocycles. The highest BCUT2D eigenvalue weighted by molar-refractivity contribution is 6.36. The van der Waals surface area contributed by atoms with Crippen molar-refractivity contribution < 1.29 is 9.59 Å². The Morgan fingerprint density at radius 1 is 1.08 bits per heavy atom. The molecule has 0 radical (unpaired) electrons. The second-order valence-electron chi connectivity index (χ2n) is 5.35. The van der Waals surface area contributed by atoms with Crippen LogP contribution in [0.5, 0.6) is 0 Å². The molecule has 130 valence electrons. The van der Waals surface area contributed by atoms with E-state index < -0.39 is 11.8 Å². The molecule has 25 heavy (non-hydrogen) atoms. The number of hydrogen-bond donors (Lipinski definition) is 2. The van der Waals surface area contributed by atoms with Crippen LogP contribution in [0.15, 0.2) is 53.6 Å². The van der Waals surface area contributed by atoms with E-state index in [1.54, 1.807) is 6.07 Å². The molecule has 0 bridgehead atoms. The van der Waals surface area contributed by atoms with Gasteiger partial charge in [-0.2, -0.15) is 5.10 Å². The number of carbonyl (C=O) groups is 2. The van der Waals surface area contributed by atoms with Gasteiger partial charge in [-0.1, -0.05) is 53.5 Å². The molecule has 0 aliphatic rings. The van der Waals surface area contributed by atoms with Crippen LogP contribution in [-0.4, -0.2) is 24.1 Å². The highest BCUT2D eigenvalue weighted by Gasteiger charge is 2.11. The largest absolute Gasteiger partial charge is 0.343 e. The van der Waals surface area contributed by atoms with Crippen LogP contribution in [0, 0.1) is 0 Å². The number of hydrogen-bond acceptors (Lipinski definition) is 3. The molecule has 2 amide bonds. The van der Waals surface area contributed by atoms with Crippen LogP contribution in [0.2, 0.25) is 10.0 Å². The predicted molar refractivity (Wildman–Crippen MR) is 100 cm³/mol. The second-order valence-corrected chi connectivity index (χ2v) is 6.19. The summed E-state index contributed by atoms with van der Waals surface area (Å²) in [5.74, 6) is -0.882. The summed E-state index contributed by atoms with van der Waals surface area (Å²) in [6.07, 6.45) is 0.633. The molecule has 2 N–H and O–H groups in total. The van der Waals surface area contributed by atoms with Gasteiger partial charge in [0.05, 0.1) is 17.1 Å². The number of benzene rings is 2. The van der Waals surface area contributed by atoms with Gasteiger partial charge in [-0.05, 0) is 30.7 Å². The van der Waals surface area contributed by atoms with Gasteiger partial charge in [0.1, 0.15) is 0 Å². The molecule has 0 aromatic heterocycles. The third-order valence-corrected chi connectivity index (χ3v) is 3.81. The van der Waals surface area contributed by atoms with Crippen LogP contribution >= 0.6 is 23.2 Å². The summed E-state index contributed by atoms with van der Waals surface area (Å²) in [7, 11) is 0. The summed E-state index contributed by atoms with van der Waals surface area (Å²) in [5.41, 5.74) is 4.52. The van der Waals surface area contributed by atoms with E-state index in [1.807, 2.05) is 37.3 Å². The van der Waals surface area contributed by atoms with Gasteiger partial charge in [0.15, 0.2) is 0 Å². The maximum atomic E-state index is 12.0. The predicted octanol–water partition coefficient (Wildman–Crippen LogP) is 3.46. The van der Waals surface area contributed by atoms with Crippen molar-refractivity contribution in [3.8, 4) is 0 Å². The Morgan fingerprint density at radius 2 is 1.80 bits per heavy atom. The Morgan fingerprint density at radius 3 is 2.48 bits per heavy atom. The molecule has 0 aliphatic heterocycles. The molecule has 0 heterocycles. The standard InChI is InChI=1S/C18H17Cl2N3O2/c1-12(9-13-5-3-2-4-6-13)22-23-17(24)11-21-18(25)15-8-7-14(19)10-16(15)20/h2-8,10H,9,11H2,1H3,(H,21,25)(H,23,24)/b22-12-. The van der Waals surface area contributed by atoms with E-state index >= 15 is 0 Å². The van der Waals surface area contributed by atoms with Crippen molar-refractivity contribution in [2.24, 2.45) is 5.10 Å². The molecule has 0 fully saturated rings. The third-order valence-electron chi connectivity index (χ3n) is 3.26. The SMILES string of the molecule is C/C(Cc1ccccc1)=N/NC(=O)CNC(=O)c1ccc(Cl)cc1Cl. The Balaban J connectivity index is 1.82. The van der Waals surface area contributed by atoms with Crippen LogP contribution < -0.4 is 10.7 Å². The van der Waals surface area contributed by atoms with Gasteiger partial charge in [-0.3, -0.25) is 9.59 Å². The lowest BCUT2D eigenvalue weighted by molar-refractivity contribution is -0.120. The number of nitrogens with zero attached hydrogens (tertiary/aromatic N) is 1. The summed E-state index contributed by atoms with van der Waals surface area (Å²) >= 11 is 11.7. The Kier molecular flexibility index (Phi) is 6.98. The summed E-state index contributed by atoms with van der Waals surface area (Å²) in [6, 6.07) is 14.3. The van der Waals surface area contributed by atoms with E-state index in [9.17, 15) is 9.59 Å². The molecule has 2 aromatic carbocycles. The fraction of sp³-hybridized carbons (Fsp3) is 0.167. The second kappa shape index (κ2) is 9.20. The highest BCUT2D eigenvalue weighted by atomic mass is 35.5. The van der Waals surface area contributed by atoms with Gasteiger partial charge in [0.2, 0.25) is 0 Å². The first-order valence-corrected chi connectivity index (χ1v) is 8.30. The van der Waals surface area contributed by atoms with E-state index in [2.05, 4.69) is 15.8 Å². The normalized spacial score (nSPS) is 11.1. The van der Waals surface area contributed by atoms with Gasteiger partial charge in [-0.25, -0.2) is 5.43 Å². The van der Waals surface area contributed by atoms with Crippen LogP contribution in [0.1, 0.15) is 22.8 Å². The first-order valence-electron chi connectivity index (χ1n) is 7.55. The summed E-state index contributed by atoms with van der Waals surface area (Å²) in [6.45, 7) is 1.61. The van der Waals surface area contributed by atoms with Crippen molar-refractivity contribution in [3.05, 3.63) is 69.7 Å². The summed E-state index contributed by atoms with van der Waals surface area (Å²) in [4.78, 5) is 23.8. The van der Waals surface area contributed by atoms with Gasteiger partial charge < -0.3 is 5.32 Å². The quantitative estimate of drug-likeness (QED) is 0.597. The Bertz CT molecular complexity index is 792. The third kappa shape index (κ3) is 6.21. The Labute approximate surface area is 156 Å². The van der Waals surface area contributed by atoms with Crippen molar-refractivity contribution in [3.63, 3.8) is 0 Å². The average molecular weight is 378 g/mol. The number of carbonyl (C=O) groups excluding carboxylic acids is 2. The van der Waals surface area contributed by atoms with Crippen LogP contribution in [-0.2, 0) is 11.2 Å². The zero-order chi connectivity index (χ0) is 18.2. The molecule has 2 rings (SSSR count). The topological polar surface area (TPSA) is 70.6 Å². The van der Waals surface area contributed by atoms with Crippen molar-refractivity contribution >= 4 is 40.7 Å². The van der Waals surface area contributed by atoms with Gasteiger partial charge in [0, 0.05) is 17.2 Å². The number of nitrogens with one attached hydrogen (secondary N) is 2. The lowest BCUT2D eigenvalue weighted by atomic mass is 10.1. The molecule has 0 aliphatic carbocycles. The number of amides is 2. The van der Waals surface area contributed by atoms with Crippen LogP contribution in [0.4, 0.5) is 0 Å². The molecule has 7 heteroatoms.